The van der Waals surface area contributed by atoms with Gasteiger partial charge in [-0.05, 0) is 43.9 Å². The molecule has 2 aromatic heterocycles. The SMILES string of the molecule is Cc1ccc2ncc(C3=C(C4=NC=CN5c6c(cccc64)CC5C(=O)N4CCCCC4)C(=O)NC3=O)n2n1. The van der Waals surface area contributed by atoms with Crippen LogP contribution in [-0.4, -0.2) is 62.1 Å². The molecule has 1 N–H and O–H groups in total. The van der Waals surface area contributed by atoms with Crippen LogP contribution in [0.4, 0.5) is 5.69 Å². The average Bonchev–Trinajstić information content (AvgIpc) is 3.54. The smallest absolute Gasteiger partial charge is 0.261 e. The molecule has 0 bridgehead atoms. The van der Waals surface area contributed by atoms with Crippen molar-refractivity contribution < 1.29 is 14.4 Å². The molecule has 1 saturated heterocycles. The lowest BCUT2D eigenvalue weighted by Crippen LogP contribution is -2.47. The zero-order chi connectivity index (χ0) is 26.0. The Morgan fingerprint density at radius 2 is 1.84 bits per heavy atom. The Morgan fingerprint density at radius 1 is 1.03 bits per heavy atom. The maximum atomic E-state index is 13.6. The van der Waals surface area contributed by atoms with E-state index in [1.165, 1.54) is 0 Å². The van der Waals surface area contributed by atoms with Gasteiger partial charge in [0, 0.05) is 37.5 Å². The van der Waals surface area contributed by atoms with Gasteiger partial charge in [-0.1, -0.05) is 18.2 Å². The number of anilines is 1. The minimum atomic E-state index is -0.523. The molecule has 3 amide bonds. The zero-order valence-corrected chi connectivity index (χ0v) is 20.8. The summed E-state index contributed by atoms with van der Waals surface area (Å²) >= 11 is 0. The fraction of sp³-hybridized carbons (Fsp3) is 0.286. The van der Waals surface area contributed by atoms with Crippen molar-refractivity contribution in [1.82, 2.24) is 24.8 Å². The molecule has 6 heterocycles. The Kier molecular flexibility index (Phi) is 5.04. The molecule has 0 radical (unpaired) electrons. The second kappa shape index (κ2) is 8.47. The van der Waals surface area contributed by atoms with Crippen LogP contribution in [0.15, 0.2) is 59.5 Å². The first-order valence-electron chi connectivity index (χ1n) is 12.9. The molecule has 38 heavy (non-hydrogen) atoms. The number of benzene rings is 1. The van der Waals surface area contributed by atoms with Crippen LogP contribution in [0, 0.1) is 6.92 Å². The minimum Gasteiger partial charge on any atom is -0.341 e. The Hall–Kier alpha value is -4.60. The van der Waals surface area contributed by atoms with E-state index in [0.717, 1.165) is 49.3 Å². The molecule has 7 rings (SSSR count). The summed E-state index contributed by atoms with van der Waals surface area (Å²) in [5, 5.41) is 6.96. The molecule has 4 aliphatic rings. The van der Waals surface area contributed by atoms with E-state index in [1.807, 2.05) is 53.3 Å². The number of nitrogens with zero attached hydrogens (tertiary/aromatic N) is 6. The molecular formula is C28H25N7O3. The van der Waals surface area contributed by atoms with Crippen molar-refractivity contribution in [3.63, 3.8) is 0 Å². The van der Waals surface area contributed by atoms with Gasteiger partial charge in [-0.3, -0.25) is 24.7 Å². The molecule has 1 aromatic carbocycles. The molecule has 0 saturated carbocycles. The maximum Gasteiger partial charge on any atom is 0.261 e. The lowest BCUT2D eigenvalue weighted by molar-refractivity contribution is -0.133. The van der Waals surface area contributed by atoms with E-state index in [-0.39, 0.29) is 23.1 Å². The van der Waals surface area contributed by atoms with Gasteiger partial charge in [0.1, 0.15) is 6.04 Å². The number of aromatic nitrogens is 3. The topological polar surface area (TPSA) is 112 Å². The van der Waals surface area contributed by atoms with E-state index < -0.39 is 11.8 Å². The molecule has 0 spiro atoms. The molecule has 10 heteroatoms. The highest BCUT2D eigenvalue weighted by atomic mass is 16.2. The van der Waals surface area contributed by atoms with Crippen LogP contribution in [0.5, 0.6) is 0 Å². The third kappa shape index (κ3) is 3.33. The Balaban J connectivity index is 1.36. The van der Waals surface area contributed by atoms with Crippen molar-refractivity contribution in [2.45, 2.75) is 38.6 Å². The number of piperidine rings is 1. The van der Waals surface area contributed by atoms with Gasteiger partial charge in [0.2, 0.25) is 5.91 Å². The summed E-state index contributed by atoms with van der Waals surface area (Å²) in [6, 6.07) is 9.10. The van der Waals surface area contributed by atoms with Crippen molar-refractivity contribution in [2.24, 2.45) is 4.99 Å². The highest BCUT2D eigenvalue weighted by molar-refractivity contribution is 6.47. The summed E-state index contributed by atoms with van der Waals surface area (Å²) in [6.45, 7) is 3.41. The Morgan fingerprint density at radius 3 is 2.68 bits per heavy atom. The first-order valence-corrected chi connectivity index (χ1v) is 12.9. The Bertz CT molecular complexity index is 1640. The third-order valence-electron chi connectivity index (χ3n) is 7.69. The number of amides is 3. The van der Waals surface area contributed by atoms with Gasteiger partial charge in [0.05, 0.1) is 40.1 Å². The van der Waals surface area contributed by atoms with Gasteiger partial charge in [0.25, 0.3) is 11.8 Å². The number of fused-ring (bicyclic) bond motifs is 1. The first kappa shape index (κ1) is 22.6. The number of rotatable bonds is 3. The van der Waals surface area contributed by atoms with Gasteiger partial charge in [-0.2, -0.15) is 5.10 Å². The highest BCUT2D eigenvalue weighted by Crippen LogP contribution is 2.40. The van der Waals surface area contributed by atoms with E-state index in [9.17, 15) is 14.4 Å². The number of carbonyl (C=O) groups is 3. The summed E-state index contributed by atoms with van der Waals surface area (Å²) in [7, 11) is 0. The molecule has 4 aliphatic heterocycles. The number of hydrogen-bond acceptors (Lipinski definition) is 7. The normalized spacial score (nSPS) is 20.7. The van der Waals surface area contributed by atoms with Gasteiger partial charge >= 0.3 is 0 Å². The van der Waals surface area contributed by atoms with E-state index in [4.69, 9.17) is 0 Å². The van der Waals surface area contributed by atoms with Crippen molar-refractivity contribution in [3.8, 4) is 0 Å². The summed E-state index contributed by atoms with van der Waals surface area (Å²) in [5.41, 5.74) is 5.03. The van der Waals surface area contributed by atoms with Gasteiger partial charge in [-0.25, -0.2) is 9.50 Å². The standard InChI is InChI=1S/C28H25N7O3/c1-16-8-9-21-30-15-20(35(21)32-16)22-23(27(37)31-26(22)36)24-18-7-5-6-17-14-19(34(25(17)18)13-10-29-24)28(38)33-11-3-2-4-12-33/h5-10,13,15,19H,2-4,11-12,14H2,1H3,(H,31,36,37). The van der Waals surface area contributed by atoms with Crippen LogP contribution in [-0.2, 0) is 20.8 Å². The number of aliphatic imine (C=N–C) groups is 1. The fourth-order valence-corrected chi connectivity index (χ4v) is 5.93. The highest BCUT2D eigenvalue weighted by Gasteiger charge is 2.42. The molecule has 0 aliphatic carbocycles. The van der Waals surface area contributed by atoms with Crippen molar-refractivity contribution in [2.75, 3.05) is 18.0 Å². The number of para-hydroxylation sites is 1. The zero-order valence-electron chi connectivity index (χ0n) is 20.8. The largest absolute Gasteiger partial charge is 0.341 e. The van der Waals surface area contributed by atoms with Gasteiger partial charge < -0.3 is 9.80 Å². The van der Waals surface area contributed by atoms with E-state index in [2.05, 4.69) is 20.4 Å². The summed E-state index contributed by atoms with van der Waals surface area (Å²) in [4.78, 5) is 52.9. The molecule has 1 atom stereocenters. The molecule has 1 fully saturated rings. The van der Waals surface area contributed by atoms with E-state index >= 15 is 0 Å². The molecule has 3 aromatic rings. The number of hydrogen-bond donors (Lipinski definition) is 1. The van der Waals surface area contributed by atoms with Gasteiger partial charge in [-0.15, -0.1) is 0 Å². The predicted octanol–water partition coefficient (Wildman–Crippen LogP) is 2.17. The van der Waals surface area contributed by atoms with Crippen LogP contribution in [0.2, 0.25) is 0 Å². The molecular weight excluding hydrogens is 482 g/mol. The number of aryl methyl sites for hydroxylation is 1. The van der Waals surface area contributed by atoms with Crippen LogP contribution in [0.3, 0.4) is 0 Å². The number of carbonyl (C=O) groups excluding carboxylic acids is 3. The van der Waals surface area contributed by atoms with Crippen molar-refractivity contribution in [1.29, 1.82) is 0 Å². The summed E-state index contributed by atoms with van der Waals surface area (Å²) in [5.74, 6) is -0.931. The number of nitrogens with one attached hydrogen (secondary N) is 1. The Labute approximate surface area is 218 Å². The molecule has 190 valence electrons. The second-order valence-corrected chi connectivity index (χ2v) is 10.0. The number of imidazole rings is 1. The second-order valence-electron chi connectivity index (χ2n) is 10.0. The van der Waals surface area contributed by atoms with Crippen molar-refractivity contribution >= 4 is 40.3 Å². The quantitative estimate of drug-likeness (QED) is 0.544. The lowest BCUT2D eigenvalue weighted by atomic mass is 9.94. The number of likely N-dealkylation sites (tertiary alicyclic amines) is 1. The van der Waals surface area contributed by atoms with Crippen LogP contribution >= 0.6 is 0 Å². The van der Waals surface area contributed by atoms with Crippen LogP contribution in [0.25, 0.3) is 11.2 Å². The fourth-order valence-electron chi connectivity index (χ4n) is 5.93. The van der Waals surface area contributed by atoms with Gasteiger partial charge in [0.15, 0.2) is 5.65 Å². The first-order chi connectivity index (χ1) is 18.5. The van der Waals surface area contributed by atoms with Crippen molar-refractivity contribution in [3.05, 3.63) is 77.0 Å². The van der Waals surface area contributed by atoms with Crippen LogP contribution in [0.1, 0.15) is 41.8 Å². The average molecular weight is 508 g/mol. The summed E-state index contributed by atoms with van der Waals surface area (Å²) in [6.07, 6.45) is 8.75. The van der Waals surface area contributed by atoms with E-state index in [0.29, 0.717) is 29.0 Å². The lowest BCUT2D eigenvalue weighted by Gasteiger charge is -2.32. The molecule has 1 unspecified atom stereocenters. The predicted molar refractivity (Wildman–Crippen MR) is 140 cm³/mol. The minimum absolute atomic E-state index is 0.112. The third-order valence-corrected chi connectivity index (χ3v) is 7.69. The maximum absolute atomic E-state index is 13.6. The van der Waals surface area contributed by atoms with Crippen LogP contribution < -0.4 is 10.2 Å². The summed E-state index contributed by atoms with van der Waals surface area (Å²) < 4.78 is 1.57. The number of imide groups is 1. The monoisotopic (exact) mass is 507 g/mol. The van der Waals surface area contributed by atoms with E-state index in [1.54, 1.807) is 16.9 Å². The molecule has 10 nitrogen and oxygen atoms in total.